The van der Waals surface area contributed by atoms with Gasteiger partial charge in [0.15, 0.2) is 0 Å². The second-order valence-corrected chi connectivity index (χ2v) is 7.25. The molecule has 0 aliphatic carbocycles. The van der Waals surface area contributed by atoms with Crippen molar-refractivity contribution >= 4 is 27.3 Å². The van der Waals surface area contributed by atoms with Crippen molar-refractivity contribution in [3.05, 3.63) is 24.3 Å². The quantitative estimate of drug-likeness (QED) is 0.667. The van der Waals surface area contributed by atoms with E-state index in [1.807, 2.05) is 31.1 Å². The second-order valence-electron chi connectivity index (χ2n) is 5.34. The van der Waals surface area contributed by atoms with Crippen LogP contribution in [0.3, 0.4) is 0 Å². The molecular formula is C15H25N3O4S. The van der Waals surface area contributed by atoms with Crippen LogP contribution in [0.15, 0.2) is 24.3 Å². The monoisotopic (exact) mass is 343 g/mol. The molecule has 0 saturated heterocycles. The summed E-state index contributed by atoms with van der Waals surface area (Å²) >= 11 is 0. The fourth-order valence-electron chi connectivity index (χ4n) is 1.99. The maximum Gasteiger partial charge on any atom is 0.232 e. The zero-order valence-electron chi connectivity index (χ0n) is 14.1. The highest BCUT2D eigenvalue weighted by Crippen LogP contribution is 2.21. The molecule has 0 radical (unpaired) electrons. The van der Waals surface area contributed by atoms with Crippen LogP contribution >= 0.6 is 0 Å². The number of methoxy groups -OCH3 is 1. The van der Waals surface area contributed by atoms with Crippen molar-refractivity contribution in [3.8, 4) is 0 Å². The van der Waals surface area contributed by atoms with Crippen molar-refractivity contribution in [1.82, 2.24) is 5.32 Å². The van der Waals surface area contributed by atoms with Gasteiger partial charge in [0.1, 0.15) is 0 Å². The largest absolute Gasteiger partial charge is 0.383 e. The number of carbonyl (C=O) groups is 1. The van der Waals surface area contributed by atoms with Gasteiger partial charge in [-0.15, -0.1) is 0 Å². The molecule has 0 saturated carbocycles. The standard InChI is InChI=1S/C15H25N3O4S/c1-17(2)13-5-7-14(8-6-13)18(23(4,20)21)11-9-15(19)16-10-12-22-3/h5-8H,9-12H2,1-4H3,(H,16,19). The summed E-state index contributed by atoms with van der Waals surface area (Å²) in [6.45, 7) is 0.929. The van der Waals surface area contributed by atoms with Crippen LogP contribution in [0.1, 0.15) is 6.42 Å². The van der Waals surface area contributed by atoms with Gasteiger partial charge in [0.2, 0.25) is 15.9 Å². The maximum atomic E-state index is 12.0. The summed E-state index contributed by atoms with van der Waals surface area (Å²) in [6.07, 6.45) is 1.22. The molecule has 1 amide bonds. The molecule has 1 N–H and O–H groups in total. The third-order valence-corrected chi connectivity index (χ3v) is 4.42. The highest BCUT2D eigenvalue weighted by Gasteiger charge is 2.18. The van der Waals surface area contributed by atoms with Gasteiger partial charge in [-0.05, 0) is 24.3 Å². The number of nitrogens with one attached hydrogen (secondary N) is 1. The Kier molecular flexibility index (Phi) is 7.31. The Morgan fingerprint density at radius 1 is 1.17 bits per heavy atom. The van der Waals surface area contributed by atoms with Gasteiger partial charge >= 0.3 is 0 Å². The lowest BCUT2D eigenvalue weighted by molar-refractivity contribution is -0.121. The summed E-state index contributed by atoms with van der Waals surface area (Å²) in [4.78, 5) is 13.7. The summed E-state index contributed by atoms with van der Waals surface area (Å²) in [5.41, 5.74) is 1.52. The smallest absolute Gasteiger partial charge is 0.232 e. The molecule has 0 fully saturated rings. The van der Waals surface area contributed by atoms with Crippen LogP contribution in [0.25, 0.3) is 0 Å². The Balaban J connectivity index is 2.76. The van der Waals surface area contributed by atoms with Crippen LogP contribution in [0.5, 0.6) is 0 Å². The van der Waals surface area contributed by atoms with Crippen molar-refractivity contribution in [1.29, 1.82) is 0 Å². The van der Waals surface area contributed by atoms with Crippen molar-refractivity contribution in [3.63, 3.8) is 0 Å². The highest BCUT2D eigenvalue weighted by molar-refractivity contribution is 7.92. The normalized spacial score (nSPS) is 11.1. The van der Waals surface area contributed by atoms with E-state index in [2.05, 4.69) is 5.32 Å². The van der Waals surface area contributed by atoms with Crippen LogP contribution in [-0.4, -0.2) is 61.5 Å². The summed E-state index contributed by atoms with van der Waals surface area (Å²) in [5.74, 6) is -0.208. The zero-order valence-corrected chi connectivity index (χ0v) is 14.9. The molecule has 0 heterocycles. The molecule has 1 aromatic carbocycles. The number of amides is 1. The van der Waals surface area contributed by atoms with Crippen LogP contribution in [0.4, 0.5) is 11.4 Å². The first-order valence-corrected chi connectivity index (χ1v) is 9.11. The van der Waals surface area contributed by atoms with Crippen molar-refractivity contribution < 1.29 is 17.9 Å². The molecule has 130 valence electrons. The number of rotatable bonds is 9. The van der Waals surface area contributed by atoms with E-state index in [4.69, 9.17) is 4.74 Å². The molecule has 0 bridgehead atoms. The molecule has 0 aliphatic rings. The van der Waals surface area contributed by atoms with E-state index in [1.165, 1.54) is 4.31 Å². The predicted molar refractivity (Wildman–Crippen MR) is 92.5 cm³/mol. The van der Waals surface area contributed by atoms with E-state index in [1.54, 1.807) is 19.2 Å². The van der Waals surface area contributed by atoms with Crippen molar-refractivity contribution in [2.24, 2.45) is 0 Å². The first-order valence-electron chi connectivity index (χ1n) is 7.26. The molecule has 0 atom stereocenters. The fraction of sp³-hybridized carbons (Fsp3) is 0.533. The number of carbonyl (C=O) groups excluding carboxylic acids is 1. The van der Waals surface area contributed by atoms with Gasteiger partial charge in [-0.1, -0.05) is 0 Å². The minimum Gasteiger partial charge on any atom is -0.383 e. The van der Waals surface area contributed by atoms with E-state index in [0.29, 0.717) is 18.8 Å². The molecular weight excluding hydrogens is 318 g/mol. The van der Waals surface area contributed by atoms with Crippen molar-refractivity contribution in [2.45, 2.75) is 6.42 Å². The highest BCUT2D eigenvalue weighted by atomic mass is 32.2. The number of hydrogen-bond donors (Lipinski definition) is 1. The van der Waals surface area contributed by atoms with Crippen LogP contribution in [0, 0.1) is 0 Å². The van der Waals surface area contributed by atoms with Crippen LogP contribution in [0.2, 0.25) is 0 Å². The molecule has 0 unspecified atom stereocenters. The Hall–Kier alpha value is -1.80. The predicted octanol–water partition coefficient (Wildman–Crippen LogP) is 0.671. The summed E-state index contributed by atoms with van der Waals surface area (Å²) in [7, 11) is 1.91. The fourth-order valence-corrected chi connectivity index (χ4v) is 2.92. The molecule has 7 nitrogen and oxygen atoms in total. The van der Waals surface area contributed by atoms with Gasteiger partial charge in [-0.3, -0.25) is 9.10 Å². The third kappa shape index (κ3) is 6.45. The lowest BCUT2D eigenvalue weighted by atomic mass is 10.2. The Morgan fingerprint density at radius 2 is 1.74 bits per heavy atom. The summed E-state index contributed by atoms with van der Waals surface area (Å²) in [6, 6.07) is 7.15. The van der Waals surface area contributed by atoms with Crippen LogP contribution in [-0.2, 0) is 19.6 Å². The lowest BCUT2D eigenvalue weighted by Gasteiger charge is -2.23. The molecule has 0 spiro atoms. The molecule has 23 heavy (non-hydrogen) atoms. The van der Waals surface area contributed by atoms with Gasteiger partial charge in [0.05, 0.1) is 18.6 Å². The van der Waals surface area contributed by atoms with Gasteiger partial charge in [-0.25, -0.2) is 8.42 Å². The minimum atomic E-state index is -3.46. The van der Waals surface area contributed by atoms with E-state index in [-0.39, 0.29) is 18.9 Å². The average molecular weight is 343 g/mol. The maximum absolute atomic E-state index is 12.0. The molecule has 1 aromatic rings. The molecule has 1 rings (SSSR count). The SMILES string of the molecule is COCCNC(=O)CCN(c1ccc(N(C)C)cc1)S(C)(=O)=O. The first-order chi connectivity index (χ1) is 10.8. The Morgan fingerprint density at radius 3 is 2.22 bits per heavy atom. The van der Waals surface area contributed by atoms with E-state index in [0.717, 1.165) is 11.9 Å². The molecule has 8 heteroatoms. The third-order valence-electron chi connectivity index (χ3n) is 3.22. The van der Waals surface area contributed by atoms with Gasteiger partial charge in [0, 0.05) is 46.4 Å². The number of nitrogens with zero attached hydrogens (tertiary/aromatic N) is 2. The Labute approximate surface area is 138 Å². The molecule has 0 aliphatic heterocycles. The number of ether oxygens (including phenoxy) is 1. The molecule has 0 aromatic heterocycles. The van der Waals surface area contributed by atoms with E-state index in [9.17, 15) is 13.2 Å². The van der Waals surface area contributed by atoms with E-state index < -0.39 is 10.0 Å². The van der Waals surface area contributed by atoms with Crippen molar-refractivity contribution in [2.75, 3.05) is 56.4 Å². The first kappa shape index (κ1) is 19.2. The lowest BCUT2D eigenvalue weighted by Crippen LogP contribution is -2.35. The number of anilines is 2. The van der Waals surface area contributed by atoms with Crippen LogP contribution < -0.4 is 14.5 Å². The summed E-state index contributed by atoms with van der Waals surface area (Å²) < 4.78 is 30.1. The summed E-state index contributed by atoms with van der Waals surface area (Å²) in [5, 5.41) is 2.67. The minimum absolute atomic E-state index is 0.0895. The second kappa shape index (κ2) is 8.73. The van der Waals surface area contributed by atoms with Gasteiger partial charge in [-0.2, -0.15) is 0 Å². The number of hydrogen-bond acceptors (Lipinski definition) is 5. The van der Waals surface area contributed by atoms with Gasteiger partial charge in [0.25, 0.3) is 0 Å². The Bertz CT molecular complexity index is 600. The average Bonchev–Trinajstić information content (AvgIpc) is 2.47. The number of sulfonamides is 1. The van der Waals surface area contributed by atoms with Gasteiger partial charge < -0.3 is 15.0 Å². The van der Waals surface area contributed by atoms with E-state index >= 15 is 0 Å². The topological polar surface area (TPSA) is 79.0 Å². The zero-order chi connectivity index (χ0) is 17.5. The number of benzene rings is 1.